The predicted octanol–water partition coefficient (Wildman–Crippen LogP) is 6.87. The second kappa shape index (κ2) is 16.2. The Morgan fingerprint density at radius 3 is 2.00 bits per heavy atom. The molecular weight excluding hydrogens is 582 g/mol. The number of carbonyl (C=O) groups is 2. The monoisotopic (exact) mass is 629 g/mol. The third kappa shape index (κ3) is 8.78. The van der Waals surface area contributed by atoms with Gasteiger partial charge in [-0.25, -0.2) is 0 Å². The molecule has 1 heterocycles. The summed E-state index contributed by atoms with van der Waals surface area (Å²) in [6, 6.07) is 32.1. The van der Waals surface area contributed by atoms with E-state index in [4.69, 9.17) is 4.74 Å². The Labute approximate surface area is 280 Å². The van der Waals surface area contributed by atoms with Crippen LogP contribution in [-0.2, 0) is 35.5 Å². The van der Waals surface area contributed by atoms with E-state index < -0.39 is 6.04 Å². The standard InChI is InChI=1S/C41H47N3O3/c1-5-33-16-18-36(19-17-33)30-44(40(45)23-21-37-20-22-39(47-4)32(3)31(37)2)38(28-34-12-8-6-9-13-34)41(46)43-26-24-42(25-27-43)29-35-14-10-7-11-15-35/h6-23,38H,5,24-30H2,1-4H3/b23-21-/t38-/m0/s1. The van der Waals surface area contributed by atoms with Crippen LogP contribution in [0.3, 0.4) is 0 Å². The SMILES string of the molecule is CCc1ccc(CN(C(=O)/C=C\c2ccc(OC)c(C)c2C)[C@@H](Cc2ccccc2)C(=O)N2CCN(Cc3ccccc3)CC2)cc1. The van der Waals surface area contributed by atoms with Crippen molar-refractivity contribution >= 4 is 17.9 Å². The highest BCUT2D eigenvalue weighted by Gasteiger charge is 2.34. The molecule has 47 heavy (non-hydrogen) atoms. The van der Waals surface area contributed by atoms with Crippen molar-refractivity contribution in [2.24, 2.45) is 0 Å². The van der Waals surface area contributed by atoms with E-state index in [1.165, 1.54) is 11.1 Å². The molecule has 5 rings (SSSR count). The Balaban J connectivity index is 1.43. The highest BCUT2D eigenvalue weighted by molar-refractivity contribution is 5.96. The average Bonchev–Trinajstić information content (AvgIpc) is 3.11. The van der Waals surface area contributed by atoms with Crippen molar-refractivity contribution in [2.45, 2.75) is 52.7 Å². The summed E-state index contributed by atoms with van der Waals surface area (Å²) in [4.78, 5) is 34.9. The number of aryl methyl sites for hydroxylation is 1. The molecule has 4 aromatic rings. The van der Waals surface area contributed by atoms with Crippen LogP contribution < -0.4 is 4.74 Å². The van der Waals surface area contributed by atoms with Crippen LogP contribution in [-0.4, -0.2) is 65.8 Å². The molecule has 0 spiro atoms. The summed E-state index contributed by atoms with van der Waals surface area (Å²) in [5.74, 6) is 0.631. The molecule has 0 unspecified atom stereocenters. The first-order valence-corrected chi connectivity index (χ1v) is 16.7. The molecule has 244 valence electrons. The first kappa shape index (κ1) is 33.7. The minimum Gasteiger partial charge on any atom is -0.496 e. The van der Waals surface area contributed by atoms with Crippen molar-refractivity contribution in [1.29, 1.82) is 0 Å². The zero-order valence-corrected chi connectivity index (χ0v) is 28.2. The Morgan fingerprint density at radius 2 is 1.38 bits per heavy atom. The molecule has 6 nitrogen and oxygen atoms in total. The minimum atomic E-state index is -0.653. The van der Waals surface area contributed by atoms with Gasteiger partial charge in [0.1, 0.15) is 11.8 Å². The van der Waals surface area contributed by atoms with Gasteiger partial charge in [0.25, 0.3) is 0 Å². The number of methoxy groups -OCH3 is 1. The van der Waals surface area contributed by atoms with Gasteiger partial charge in [0.05, 0.1) is 7.11 Å². The van der Waals surface area contributed by atoms with Crippen molar-refractivity contribution in [3.8, 4) is 5.75 Å². The molecule has 1 atom stereocenters. The lowest BCUT2D eigenvalue weighted by atomic mass is 10.00. The lowest BCUT2D eigenvalue weighted by Crippen LogP contribution is -2.56. The second-order valence-corrected chi connectivity index (χ2v) is 12.4. The van der Waals surface area contributed by atoms with Gasteiger partial charge in [-0.2, -0.15) is 0 Å². The zero-order valence-electron chi connectivity index (χ0n) is 28.2. The highest BCUT2D eigenvalue weighted by atomic mass is 16.5. The van der Waals surface area contributed by atoms with Gasteiger partial charge < -0.3 is 14.5 Å². The summed E-state index contributed by atoms with van der Waals surface area (Å²) in [5, 5.41) is 0. The van der Waals surface area contributed by atoms with Crippen molar-refractivity contribution < 1.29 is 14.3 Å². The number of nitrogens with zero attached hydrogens (tertiary/aromatic N) is 3. The number of hydrogen-bond donors (Lipinski definition) is 0. The van der Waals surface area contributed by atoms with E-state index in [-0.39, 0.29) is 11.8 Å². The first-order chi connectivity index (χ1) is 22.9. The Bertz CT molecular complexity index is 1640. The van der Waals surface area contributed by atoms with Crippen LogP contribution in [0.25, 0.3) is 6.08 Å². The first-order valence-electron chi connectivity index (χ1n) is 16.7. The van der Waals surface area contributed by atoms with Crippen LogP contribution in [0.5, 0.6) is 5.75 Å². The topological polar surface area (TPSA) is 53.1 Å². The number of rotatable bonds is 12. The van der Waals surface area contributed by atoms with E-state index in [2.05, 4.69) is 60.4 Å². The van der Waals surface area contributed by atoms with E-state index >= 15 is 0 Å². The van der Waals surface area contributed by atoms with Gasteiger partial charge in [0.2, 0.25) is 11.8 Å². The van der Waals surface area contributed by atoms with Gasteiger partial charge in [-0.1, -0.05) is 97.9 Å². The summed E-state index contributed by atoms with van der Waals surface area (Å²) in [5.41, 5.74) is 7.58. The predicted molar refractivity (Wildman–Crippen MR) is 190 cm³/mol. The molecule has 1 aliphatic rings. The van der Waals surface area contributed by atoms with Crippen LogP contribution in [0.1, 0.15) is 45.9 Å². The smallest absolute Gasteiger partial charge is 0.247 e. The highest BCUT2D eigenvalue weighted by Crippen LogP contribution is 2.25. The Hall–Kier alpha value is -4.68. The van der Waals surface area contributed by atoms with Crippen LogP contribution in [0.4, 0.5) is 0 Å². The van der Waals surface area contributed by atoms with Crippen LogP contribution in [0.2, 0.25) is 0 Å². The maximum atomic E-state index is 14.5. The molecule has 1 saturated heterocycles. The fourth-order valence-electron chi connectivity index (χ4n) is 6.24. The molecule has 1 aliphatic heterocycles. The summed E-state index contributed by atoms with van der Waals surface area (Å²) >= 11 is 0. The van der Waals surface area contributed by atoms with Crippen LogP contribution in [0, 0.1) is 13.8 Å². The maximum Gasteiger partial charge on any atom is 0.247 e. The van der Waals surface area contributed by atoms with Gasteiger partial charge >= 0.3 is 0 Å². The van der Waals surface area contributed by atoms with Gasteiger partial charge in [0.15, 0.2) is 0 Å². The molecule has 0 radical (unpaired) electrons. The third-order valence-corrected chi connectivity index (χ3v) is 9.34. The lowest BCUT2D eigenvalue weighted by Gasteiger charge is -2.39. The molecule has 2 amide bonds. The maximum absolute atomic E-state index is 14.5. The second-order valence-electron chi connectivity index (χ2n) is 12.4. The van der Waals surface area contributed by atoms with Gasteiger partial charge in [0, 0.05) is 51.8 Å². The van der Waals surface area contributed by atoms with E-state index in [9.17, 15) is 9.59 Å². The van der Waals surface area contributed by atoms with E-state index in [0.717, 1.165) is 59.6 Å². The van der Waals surface area contributed by atoms with Crippen LogP contribution >= 0.6 is 0 Å². The number of hydrogen-bond acceptors (Lipinski definition) is 4. The normalized spacial score (nSPS) is 14.3. The van der Waals surface area contributed by atoms with E-state index in [0.29, 0.717) is 26.1 Å². The summed E-state index contributed by atoms with van der Waals surface area (Å²) < 4.78 is 5.49. The van der Waals surface area contributed by atoms with Crippen molar-refractivity contribution in [2.75, 3.05) is 33.3 Å². The molecule has 0 aromatic heterocycles. The summed E-state index contributed by atoms with van der Waals surface area (Å²) in [6.45, 7) is 10.2. The average molecular weight is 630 g/mol. The van der Waals surface area contributed by atoms with Gasteiger partial charge in [-0.15, -0.1) is 0 Å². The summed E-state index contributed by atoms with van der Waals surface area (Å²) in [6.07, 6.45) is 4.87. The largest absolute Gasteiger partial charge is 0.496 e. The van der Waals surface area contributed by atoms with E-state index in [1.54, 1.807) is 18.1 Å². The number of amides is 2. The van der Waals surface area contributed by atoms with Crippen molar-refractivity contribution in [1.82, 2.24) is 14.7 Å². The lowest BCUT2D eigenvalue weighted by molar-refractivity contribution is -0.145. The molecule has 0 aliphatic carbocycles. The number of piperazine rings is 1. The molecule has 1 fully saturated rings. The van der Waals surface area contributed by atoms with E-state index in [1.807, 2.05) is 73.4 Å². The van der Waals surface area contributed by atoms with Gasteiger partial charge in [-0.3, -0.25) is 14.5 Å². The molecule has 0 bridgehead atoms. The zero-order chi connectivity index (χ0) is 33.2. The molecule has 0 N–H and O–H groups in total. The fourth-order valence-corrected chi connectivity index (χ4v) is 6.24. The fraction of sp³-hybridized carbons (Fsp3) is 0.317. The van der Waals surface area contributed by atoms with Crippen molar-refractivity contribution in [3.05, 3.63) is 142 Å². The molecule has 6 heteroatoms. The Morgan fingerprint density at radius 1 is 0.766 bits per heavy atom. The van der Waals surface area contributed by atoms with Crippen LogP contribution in [0.15, 0.2) is 103 Å². The molecular formula is C41H47N3O3. The Kier molecular flexibility index (Phi) is 11.6. The summed E-state index contributed by atoms with van der Waals surface area (Å²) in [7, 11) is 1.67. The minimum absolute atomic E-state index is 0.00313. The molecule has 0 saturated carbocycles. The van der Waals surface area contributed by atoms with Crippen molar-refractivity contribution in [3.63, 3.8) is 0 Å². The number of benzene rings is 4. The molecule has 4 aromatic carbocycles. The number of ether oxygens (including phenoxy) is 1. The third-order valence-electron chi connectivity index (χ3n) is 9.34. The van der Waals surface area contributed by atoms with Gasteiger partial charge in [-0.05, 0) is 71.4 Å². The number of carbonyl (C=O) groups excluding carboxylic acids is 2. The quantitative estimate of drug-likeness (QED) is 0.161.